The fraction of sp³-hybridized carbons (Fsp3) is 0.538. The number of ether oxygens (including phenoxy) is 2. The van der Waals surface area contributed by atoms with Gasteiger partial charge in [0.15, 0.2) is 0 Å². The van der Waals surface area contributed by atoms with Crippen LogP contribution in [0.25, 0.3) is 11.3 Å². The van der Waals surface area contributed by atoms with Crippen molar-refractivity contribution in [1.82, 2.24) is 19.8 Å². The molecule has 1 spiro atoms. The van der Waals surface area contributed by atoms with Crippen molar-refractivity contribution in [2.24, 2.45) is 11.3 Å². The van der Waals surface area contributed by atoms with E-state index >= 15 is 0 Å². The number of carbonyl (C=O) groups excluding carboxylic acids is 2. The van der Waals surface area contributed by atoms with Crippen LogP contribution in [0.3, 0.4) is 0 Å². The molecule has 3 heterocycles. The van der Waals surface area contributed by atoms with E-state index in [1.165, 1.54) is 11.9 Å². The summed E-state index contributed by atoms with van der Waals surface area (Å²) in [5.74, 6) is 1.38. The molecule has 1 aliphatic carbocycles. The number of aryl methyl sites for hydroxylation is 2. The lowest BCUT2D eigenvalue weighted by Crippen LogP contribution is -2.60. The summed E-state index contributed by atoms with van der Waals surface area (Å²) in [4.78, 5) is 42.1. The predicted molar refractivity (Wildman–Crippen MR) is 195 cm³/mol. The molecule has 9 nitrogen and oxygen atoms in total. The molecular formula is C39H51N5O4S. The minimum absolute atomic E-state index is 0.0349. The van der Waals surface area contributed by atoms with Gasteiger partial charge in [-0.3, -0.25) is 9.52 Å². The number of fused-ring (bicyclic) bond motifs is 4. The lowest BCUT2D eigenvalue weighted by atomic mass is 9.59. The maximum Gasteiger partial charge on any atom is 0.410 e. The first kappa shape index (κ1) is 35.1. The van der Waals surface area contributed by atoms with Gasteiger partial charge in [0, 0.05) is 40.7 Å². The van der Waals surface area contributed by atoms with E-state index < -0.39 is 5.60 Å². The van der Waals surface area contributed by atoms with Crippen molar-refractivity contribution in [2.45, 2.75) is 110 Å². The van der Waals surface area contributed by atoms with Crippen LogP contribution in [0.4, 0.5) is 10.7 Å². The average Bonchev–Trinajstić information content (AvgIpc) is 3.02. The van der Waals surface area contributed by atoms with Crippen LogP contribution in [-0.4, -0.2) is 69.1 Å². The fourth-order valence-corrected chi connectivity index (χ4v) is 8.34. The summed E-state index contributed by atoms with van der Waals surface area (Å²) in [6.45, 7) is 18.0. The van der Waals surface area contributed by atoms with Crippen LogP contribution in [0.1, 0.15) is 93.8 Å². The lowest BCUT2D eigenvalue weighted by molar-refractivity contribution is -0.0555. The molecule has 1 N–H and O–H groups in total. The standard InChI is InChI=1S/C39H51N5O4S/c1-24(2)19-29-23-47-34-27(5)33(32-25(3)11-9-12-26(32)4)40-36(41-34)42-49-31-14-10-13-28(20-31)35(45)44(29)30-21-39(22-30)15-17-43(18-16-39)37(46)48-38(6,7)8/h9-14,20,24,29-30H,15-19,21-23H2,1-8H3,(H,40,41,42)/t29-/m1/s1. The Morgan fingerprint density at radius 1 is 1.06 bits per heavy atom. The number of benzene rings is 2. The maximum atomic E-state index is 14.6. The monoisotopic (exact) mass is 685 g/mol. The Balaban J connectivity index is 1.31. The molecule has 262 valence electrons. The molecule has 2 aliphatic heterocycles. The number of hydrogen-bond donors (Lipinski definition) is 1. The molecule has 49 heavy (non-hydrogen) atoms. The van der Waals surface area contributed by atoms with Crippen molar-refractivity contribution in [2.75, 3.05) is 24.4 Å². The summed E-state index contributed by atoms with van der Waals surface area (Å²) >= 11 is 1.39. The number of aromatic nitrogens is 2. The van der Waals surface area contributed by atoms with Crippen LogP contribution in [0.2, 0.25) is 0 Å². The average molecular weight is 686 g/mol. The highest BCUT2D eigenvalue weighted by molar-refractivity contribution is 8.00. The molecule has 0 radical (unpaired) electrons. The van der Waals surface area contributed by atoms with Crippen molar-refractivity contribution < 1.29 is 19.1 Å². The second-order valence-electron chi connectivity index (χ2n) is 15.7. The van der Waals surface area contributed by atoms with Gasteiger partial charge in [0.25, 0.3) is 5.91 Å². The van der Waals surface area contributed by atoms with Crippen molar-refractivity contribution in [1.29, 1.82) is 0 Å². The Morgan fingerprint density at radius 3 is 2.39 bits per heavy atom. The molecular weight excluding hydrogens is 635 g/mol. The van der Waals surface area contributed by atoms with E-state index in [-0.39, 0.29) is 29.5 Å². The fourth-order valence-electron chi connectivity index (χ4n) is 7.71. The van der Waals surface area contributed by atoms with E-state index in [1.54, 1.807) is 0 Å². The van der Waals surface area contributed by atoms with Crippen LogP contribution in [0.15, 0.2) is 47.4 Å². The molecule has 1 atom stereocenters. The Bertz CT molecular complexity index is 1680. The molecule has 2 amide bonds. The molecule has 3 aromatic rings. The lowest BCUT2D eigenvalue weighted by Gasteiger charge is -2.56. The third-order valence-corrected chi connectivity index (χ3v) is 10.9. The van der Waals surface area contributed by atoms with E-state index in [0.29, 0.717) is 43.0 Å². The summed E-state index contributed by atoms with van der Waals surface area (Å²) in [6.07, 6.45) is 4.22. The number of nitrogens with one attached hydrogen (secondary N) is 1. The Kier molecular flexibility index (Phi) is 9.90. The largest absolute Gasteiger partial charge is 0.475 e. The van der Waals surface area contributed by atoms with Gasteiger partial charge >= 0.3 is 6.09 Å². The summed E-state index contributed by atoms with van der Waals surface area (Å²) < 4.78 is 15.7. The Morgan fingerprint density at radius 2 is 1.73 bits per heavy atom. The van der Waals surface area contributed by atoms with Gasteiger partial charge in [0.1, 0.15) is 12.2 Å². The van der Waals surface area contributed by atoms with Crippen LogP contribution < -0.4 is 9.46 Å². The molecule has 2 aromatic carbocycles. The van der Waals surface area contributed by atoms with E-state index in [9.17, 15) is 9.59 Å². The van der Waals surface area contributed by atoms with Crippen molar-refractivity contribution >= 4 is 29.9 Å². The third kappa shape index (κ3) is 7.69. The molecule has 3 aliphatic rings. The van der Waals surface area contributed by atoms with E-state index in [4.69, 9.17) is 19.4 Å². The SMILES string of the molecule is Cc1cccc(C)c1-c1nc2nc(c1C)OC[C@@H](CC(C)C)N(C1CC3(CCN(C(=O)OC(C)(C)C)CC3)C1)C(=O)c1cccc(c1)SN2. The molecule has 4 bridgehead atoms. The second-order valence-corrected chi connectivity index (χ2v) is 16.5. The molecule has 1 aromatic heterocycles. The Labute approximate surface area is 295 Å². The molecule has 1 saturated heterocycles. The quantitative estimate of drug-likeness (QED) is 0.273. The number of nitrogens with zero attached hydrogens (tertiary/aromatic N) is 4. The van der Waals surface area contributed by atoms with Gasteiger partial charge in [0.2, 0.25) is 11.8 Å². The van der Waals surface area contributed by atoms with Crippen LogP contribution in [0, 0.1) is 32.1 Å². The number of likely N-dealkylation sites (tertiary alicyclic amines) is 1. The molecule has 1 saturated carbocycles. The summed E-state index contributed by atoms with van der Waals surface area (Å²) in [7, 11) is 0. The van der Waals surface area contributed by atoms with Crippen LogP contribution >= 0.6 is 11.9 Å². The van der Waals surface area contributed by atoms with Crippen molar-refractivity contribution in [3.05, 3.63) is 64.7 Å². The molecule has 6 rings (SSSR count). The zero-order valence-corrected chi connectivity index (χ0v) is 31.1. The van der Waals surface area contributed by atoms with Crippen LogP contribution in [-0.2, 0) is 4.74 Å². The van der Waals surface area contributed by atoms with Crippen LogP contribution in [0.5, 0.6) is 5.88 Å². The number of rotatable bonds is 4. The Hall–Kier alpha value is -3.79. The van der Waals surface area contributed by atoms with Gasteiger partial charge in [0.05, 0.1) is 11.7 Å². The zero-order valence-electron chi connectivity index (χ0n) is 30.3. The highest BCUT2D eigenvalue weighted by atomic mass is 32.2. The first-order valence-corrected chi connectivity index (χ1v) is 18.5. The number of piperidine rings is 1. The third-order valence-electron chi connectivity index (χ3n) is 10.2. The first-order chi connectivity index (χ1) is 23.2. The number of hydrogen-bond acceptors (Lipinski definition) is 8. The molecule has 0 unspecified atom stereocenters. The highest BCUT2D eigenvalue weighted by Gasteiger charge is 2.51. The van der Waals surface area contributed by atoms with Crippen molar-refractivity contribution in [3.8, 4) is 17.1 Å². The molecule has 10 heteroatoms. The smallest absolute Gasteiger partial charge is 0.410 e. The van der Waals surface area contributed by atoms with Gasteiger partial charge in [-0.1, -0.05) is 38.1 Å². The van der Waals surface area contributed by atoms with Gasteiger partial charge in [-0.15, -0.1) is 0 Å². The predicted octanol–water partition coefficient (Wildman–Crippen LogP) is 8.62. The number of amides is 2. The molecule has 2 fully saturated rings. The van der Waals surface area contributed by atoms with Gasteiger partial charge in [-0.2, -0.15) is 4.98 Å². The highest BCUT2D eigenvalue weighted by Crippen LogP contribution is 2.52. The number of anilines is 1. The minimum Gasteiger partial charge on any atom is -0.475 e. The van der Waals surface area contributed by atoms with Gasteiger partial charge < -0.3 is 19.3 Å². The number of carbonyl (C=O) groups is 2. The van der Waals surface area contributed by atoms with Crippen molar-refractivity contribution in [3.63, 3.8) is 0 Å². The van der Waals surface area contributed by atoms with E-state index in [0.717, 1.165) is 64.9 Å². The van der Waals surface area contributed by atoms with E-state index in [1.807, 2.05) is 56.9 Å². The summed E-state index contributed by atoms with van der Waals surface area (Å²) in [6, 6.07) is 14.0. The minimum atomic E-state index is -0.513. The van der Waals surface area contributed by atoms with E-state index in [2.05, 4.69) is 55.5 Å². The van der Waals surface area contributed by atoms with Gasteiger partial charge in [-0.05, 0) is 126 Å². The topological polar surface area (TPSA) is 96.9 Å². The second kappa shape index (κ2) is 13.8. The first-order valence-electron chi connectivity index (χ1n) is 17.6. The summed E-state index contributed by atoms with van der Waals surface area (Å²) in [5.41, 5.74) is 5.36. The maximum absolute atomic E-state index is 14.6. The summed E-state index contributed by atoms with van der Waals surface area (Å²) in [5, 5.41) is 0. The normalized spacial score (nSPS) is 19.7. The zero-order chi connectivity index (χ0) is 35.1. The van der Waals surface area contributed by atoms with Gasteiger partial charge in [-0.25, -0.2) is 9.78 Å².